The standard InChI is InChI=1S/C11H7FN2O.C10H7ClFNO/c1-13-6-10-7-15-11(14-10)8-3-2-4-9(12)5-8;11-5-9-6-14-10(13-9)7-2-1-3-8(12)4-7/h2-5,7H,6H2;1-4,6H,5H2. The van der Waals surface area contributed by atoms with Crippen molar-refractivity contribution in [2.45, 2.75) is 12.4 Å². The highest BCUT2D eigenvalue weighted by atomic mass is 35.5. The molecule has 0 radical (unpaired) electrons. The molecule has 0 aliphatic heterocycles. The van der Waals surface area contributed by atoms with Crippen LogP contribution in [0, 0.1) is 18.2 Å². The number of rotatable bonds is 4. The molecule has 0 saturated heterocycles. The predicted molar refractivity (Wildman–Crippen MR) is 104 cm³/mol. The van der Waals surface area contributed by atoms with Crippen molar-refractivity contribution in [3.05, 3.63) is 95.5 Å². The van der Waals surface area contributed by atoms with Crippen molar-refractivity contribution in [1.82, 2.24) is 9.97 Å². The molecule has 0 atom stereocenters. The molecule has 146 valence electrons. The Kier molecular flexibility index (Phi) is 6.72. The number of benzene rings is 2. The quantitative estimate of drug-likeness (QED) is 0.299. The molecular weight excluding hydrogens is 400 g/mol. The van der Waals surface area contributed by atoms with E-state index in [0.29, 0.717) is 40.2 Å². The van der Waals surface area contributed by atoms with Crippen LogP contribution in [0.5, 0.6) is 0 Å². The monoisotopic (exact) mass is 413 g/mol. The second-order valence-electron chi connectivity index (χ2n) is 5.76. The van der Waals surface area contributed by atoms with Gasteiger partial charge in [-0.2, -0.15) is 0 Å². The van der Waals surface area contributed by atoms with Gasteiger partial charge in [-0.15, -0.1) is 11.6 Å². The number of hydrogen-bond acceptors (Lipinski definition) is 4. The van der Waals surface area contributed by atoms with Crippen molar-refractivity contribution in [1.29, 1.82) is 0 Å². The van der Waals surface area contributed by atoms with E-state index >= 15 is 0 Å². The molecule has 0 bridgehead atoms. The molecule has 0 fully saturated rings. The third-order valence-corrected chi connectivity index (χ3v) is 3.90. The Balaban J connectivity index is 0.000000166. The molecule has 2 aromatic heterocycles. The van der Waals surface area contributed by atoms with E-state index in [-0.39, 0.29) is 18.2 Å². The molecule has 0 unspecified atom stereocenters. The third-order valence-electron chi connectivity index (χ3n) is 3.62. The van der Waals surface area contributed by atoms with Gasteiger partial charge in [0.2, 0.25) is 11.8 Å². The number of nitrogens with zero attached hydrogens (tertiary/aromatic N) is 3. The molecule has 4 rings (SSSR count). The summed E-state index contributed by atoms with van der Waals surface area (Å²) in [5, 5.41) is 0. The summed E-state index contributed by atoms with van der Waals surface area (Å²) in [6, 6.07) is 12.1. The van der Waals surface area contributed by atoms with Gasteiger partial charge in [0.25, 0.3) is 6.54 Å². The largest absolute Gasteiger partial charge is 0.444 e. The average Bonchev–Trinajstić information content (AvgIpc) is 3.38. The van der Waals surface area contributed by atoms with Gasteiger partial charge in [-0.05, 0) is 36.4 Å². The Bertz CT molecular complexity index is 1130. The van der Waals surface area contributed by atoms with Gasteiger partial charge in [-0.1, -0.05) is 12.1 Å². The summed E-state index contributed by atoms with van der Waals surface area (Å²) in [4.78, 5) is 11.3. The summed E-state index contributed by atoms with van der Waals surface area (Å²) >= 11 is 5.56. The average molecular weight is 414 g/mol. The van der Waals surface area contributed by atoms with E-state index in [1.54, 1.807) is 24.3 Å². The molecule has 8 heteroatoms. The summed E-state index contributed by atoms with van der Waals surface area (Å²) in [6.07, 6.45) is 2.88. The topological polar surface area (TPSA) is 56.4 Å². The second kappa shape index (κ2) is 9.62. The van der Waals surface area contributed by atoms with Crippen LogP contribution in [0.2, 0.25) is 0 Å². The first kappa shape index (κ1) is 20.2. The molecule has 0 saturated carbocycles. The van der Waals surface area contributed by atoms with Gasteiger partial charge < -0.3 is 13.7 Å². The molecule has 0 amide bonds. The third kappa shape index (κ3) is 5.50. The zero-order valence-electron chi connectivity index (χ0n) is 15.0. The summed E-state index contributed by atoms with van der Waals surface area (Å²) in [5.41, 5.74) is 2.39. The van der Waals surface area contributed by atoms with Crippen LogP contribution in [0.3, 0.4) is 0 Å². The Morgan fingerprint density at radius 3 is 1.83 bits per heavy atom. The highest BCUT2D eigenvalue weighted by molar-refractivity contribution is 6.16. The maximum absolute atomic E-state index is 12.9. The summed E-state index contributed by atoms with van der Waals surface area (Å²) in [6.45, 7) is 6.85. The van der Waals surface area contributed by atoms with Crippen molar-refractivity contribution in [3.8, 4) is 22.9 Å². The molecular formula is C21H14ClF2N3O2. The Morgan fingerprint density at radius 2 is 1.38 bits per heavy atom. The van der Waals surface area contributed by atoms with Crippen molar-refractivity contribution in [2.75, 3.05) is 0 Å². The first-order chi connectivity index (χ1) is 14.1. The van der Waals surface area contributed by atoms with E-state index in [0.717, 1.165) is 0 Å². The number of halogens is 3. The van der Waals surface area contributed by atoms with Gasteiger partial charge in [0.15, 0.2) is 5.69 Å². The smallest absolute Gasteiger partial charge is 0.259 e. The van der Waals surface area contributed by atoms with Crippen LogP contribution in [0.4, 0.5) is 8.78 Å². The number of aromatic nitrogens is 2. The minimum absolute atomic E-state index is 0.179. The van der Waals surface area contributed by atoms with Crippen LogP contribution < -0.4 is 0 Å². The Hall–Kier alpha value is -3.50. The SMILES string of the molecule is Fc1cccc(-c2nc(CCl)co2)c1.[C-]#[N+]Cc1coc(-c2cccc(F)c2)n1. The van der Waals surface area contributed by atoms with Crippen LogP contribution >= 0.6 is 11.6 Å². The summed E-state index contributed by atoms with van der Waals surface area (Å²) < 4.78 is 36.0. The molecule has 0 aliphatic carbocycles. The van der Waals surface area contributed by atoms with Crippen molar-refractivity contribution >= 4 is 11.6 Å². The number of alkyl halides is 1. The number of hydrogen-bond donors (Lipinski definition) is 0. The Morgan fingerprint density at radius 1 is 0.862 bits per heavy atom. The molecule has 0 aliphatic rings. The number of oxazole rings is 2. The molecule has 2 heterocycles. The summed E-state index contributed by atoms with van der Waals surface area (Å²) in [5.74, 6) is 0.373. The van der Waals surface area contributed by atoms with Crippen molar-refractivity contribution < 1.29 is 17.6 Å². The van der Waals surface area contributed by atoms with E-state index in [1.807, 2.05) is 0 Å². The molecule has 0 spiro atoms. The lowest BCUT2D eigenvalue weighted by atomic mass is 10.2. The van der Waals surface area contributed by atoms with Gasteiger partial charge in [0.1, 0.15) is 24.2 Å². The van der Waals surface area contributed by atoms with Gasteiger partial charge in [-0.25, -0.2) is 25.3 Å². The molecule has 0 N–H and O–H groups in total. The van der Waals surface area contributed by atoms with Crippen LogP contribution in [0.25, 0.3) is 27.8 Å². The zero-order valence-corrected chi connectivity index (χ0v) is 15.7. The zero-order chi connectivity index (χ0) is 20.6. The van der Waals surface area contributed by atoms with E-state index < -0.39 is 0 Å². The van der Waals surface area contributed by atoms with Gasteiger partial charge in [0, 0.05) is 11.1 Å². The molecule has 29 heavy (non-hydrogen) atoms. The fraction of sp³-hybridized carbons (Fsp3) is 0.0952. The lowest BCUT2D eigenvalue weighted by molar-refractivity contribution is 0.571. The molecule has 2 aromatic carbocycles. The first-order valence-corrected chi connectivity index (χ1v) is 8.92. The van der Waals surface area contributed by atoms with E-state index in [1.165, 1.54) is 36.8 Å². The van der Waals surface area contributed by atoms with E-state index in [9.17, 15) is 8.78 Å². The lowest BCUT2D eigenvalue weighted by Gasteiger charge is -1.93. The highest BCUT2D eigenvalue weighted by Gasteiger charge is 2.08. The molecule has 5 nitrogen and oxygen atoms in total. The van der Waals surface area contributed by atoms with Gasteiger partial charge in [0.05, 0.1) is 11.6 Å². The minimum Gasteiger partial charge on any atom is -0.444 e. The lowest BCUT2D eigenvalue weighted by Crippen LogP contribution is -1.82. The van der Waals surface area contributed by atoms with Gasteiger partial charge >= 0.3 is 0 Å². The van der Waals surface area contributed by atoms with Crippen molar-refractivity contribution in [3.63, 3.8) is 0 Å². The maximum atomic E-state index is 12.9. The van der Waals surface area contributed by atoms with Crippen molar-refractivity contribution in [2.24, 2.45) is 0 Å². The van der Waals surface area contributed by atoms with Gasteiger partial charge in [-0.3, -0.25) is 0 Å². The van der Waals surface area contributed by atoms with Crippen LogP contribution in [-0.2, 0) is 12.4 Å². The highest BCUT2D eigenvalue weighted by Crippen LogP contribution is 2.20. The first-order valence-electron chi connectivity index (χ1n) is 8.39. The van der Waals surface area contributed by atoms with E-state index in [2.05, 4.69) is 14.8 Å². The minimum atomic E-state index is -0.336. The van der Waals surface area contributed by atoms with Crippen LogP contribution in [0.15, 0.2) is 69.9 Å². The Labute approximate surface area is 170 Å². The maximum Gasteiger partial charge on any atom is 0.259 e. The van der Waals surface area contributed by atoms with Crippen LogP contribution in [-0.4, -0.2) is 9.97 Å². The molecule has 4 aromatic rings. The second-order valence-corrected chi connectivity index (χ2v) is 6.03. The fourth-order valence-electron chi connectivity index (χ4n) is 2.34. The fourth-order valence-corrected chi connectivity index (χ4v) is 2.46. The summed E-state index contributed by atoms with van der Waals surface area (Å²) in [7, 11) is 0. The van der Waals surface area contributed by atoms with Crippen LogP contribution in [0.1, 0.15) is 11.4 Å². The normalized spacial score (nSPS) is 10.1. The van der Waals surface area contributed by atoms with E-state index in [4.69, 9.17) is 27.0 Å². The predicted octanol–water partition coefficient (Wildman–Crippen LogP) is 6.12.